The van der Waals surface area contributed by atoms with Gasteiger partial charge >= 0.3 is 0 Å². The van der Waals surface area contributed by atoms with Gasteiger partial charge in [0.25, 0.3) is 0 Å². The number of halogens is 1. The predicted octanol–water partition coefficient (Wildman–Crippen LogP) is 1.73. The Balaban J connectivity index is 3.04. The minimum Gasteiger partial charge on any atom is -0.330 e. The number of sulfonamides is 1. The highest BCUT2D eigenvalue weighted by Crippen LogP contribution is 2.25. The highest BCUT2D eigenvalue weighted by Gasteiger charge is 2.22. The highest BCUT2D eigenvalue weighted by molar-refractivity contribution is 9.10. The van der Waals surface area contributed by atoms with Crippen LogP contribution in [0.1, 0.15) is 12.0 Å². The molecule has 0 fully saturated rings. The first kappa shape index (κ1) is 14.6. The summed E-state index contributed by atoms with van der Waals surface area (Å²) in [5, 5.41) is 0. The average molecular weight is 321 g/mol. The lowest BCUT2D eigenvalue weighted by molar-refractivity contribution is 0.463. The molecule has 0 aliphatic heterocycles. The summed E-state index contributed by atoms with van der Waals surface area (Å²) in [5.41, 5.74) is 6.39. The topological polar surface area (TPSA) is 63.4 Å². The van der Waals surface area contributed by atoms with Crippen LogP contribution in [-0.2, 0) is 10.0 Å². The minimum absolute atomic E-state index is 0.294. The van der Waals surface area contributed by atoms with Gasteiger partial charge in [-0.3, -0.25) is 0 Å². The zero-order chi connectivity index (χ0) is 13.1. The van der Waals surface area contributed by atoms with Crippen molar-refractivity contribution in [2.45, 2.75) is 18.2 Å². The Morgan fingerprint density at radius 2 is 2.06 bits per heavy atom. The maximum Gasteiger partial charge on any atom is 0.243 e. The zero-order valence-corrected chi connectivity index (χ0v) is 12.4. The monoisotopic (exact) mass is 320 g/mol. The summed E-state index contributed by atoms with van der Waals surface area (Å²) in [6, 6.07) is 5.20. The Morgan fingerprint density at radius 3 is 2.59 bits per heavy atom. The molecule has 0 heterocycles. The van der Waals surface area contributed by atoms with Gasteiger partial charge in [-0.1, -0.05) is 6.07 Å². The van der Waals surface area contributed by atoms with Crippen LogP contribution < -0.4 is 5.73 Å². The van der Waals surface area contributed by atoms with E-state index < -0.39 is 10.0 Å². The van der Waals surface area contributed by atoms with Crippen molar-refractivity contribution in [3.05, 3.63) is 28.2 Å². The molecule has 2 N–H and O–H groups in total. The number of aryl methyl sites for hydroxylation is 1. The van der Waals surface area contributed by atoms with Gasteiger partial charge in [0.2, 0.25) is 10.0 Å². The van der Waals surface area contributed by atoms with Gasteiger partial charge in [0.05, 0.1) is 4.90 Å². The summed E-state index contributed by atoms with van der Waals surface area (Å²) in [4.78, 5) is 0.294. The van der Waals surface area contributed by atoms with E-state index in [1.807, 2.05) is 6.92 Å². The van der Waals surface area contributed by atoms with E-state index in [1.165, 1.54) is 4.31 Å². The molecule has 0 spiro atoms. The van der Waals surface area contributed by atoms with E-state index in [-0.39, 0.29) is 0 Å². The second kappa shape index (κ2) is 5.95. The first-order valence-electron chi connectivity index (χ1n) is 5.32. The van der Waals surface area contributed by atoms with Crippen LogP contribution in [0.15, 0.2) is 27.6 Å². The fourth-order valence-corrected chi connectivity index (χ4v) is 3.77. The third-order valence-electron chi connectivity index (χ3n) is 2.45. The van der Waals surface area contributed by atoms with Crippen molar-refractivity contribution in [3.8, 4) is 0 Å². The van der Waals surface area contributed by atoms with E-state index in [1.54, 1.807) is 25.2 Å². The number of benzene rings is 1. The third kappa shape index (κ3) is 3.51. The lowest BCUT2D eigenvalue weighted by Gasteiger charge is -2.17. The van der Waals surface area contributed by atoms with E-state index in [0.717, 1.165) is 5.56 Å². The number of hydrogen-bond donors (Lipinski definition) is 1. The average Bonchev–Trinajstić information content (AvgIpc) is 2.25. The maximum absolute atomic E-state index is 12.2. The van der Waals surface area contributed by atoms with Crippen LogP contribution in [0, 0.1) is 6.92 Å². The van der Waals surface area contributed by atoms with Crippen molar-refractivity contribution in [2.24, 2.45) is 5.73 Å². The van der Waals surface area contributed by atoms with Crippen molar-refractivity contribution in [3.63, 3.8) is 0 Å². The summed E-state index contributed by atoms with van der Waals surface area (Å²) in [7, 11) is -1.86. The molecule has 17 heavy (non-hydrogen) atoms. The number of rotatable bonds is 5. The Labute approximate surface area is 111 Å². The molecule has 0 aliphatic carbocycles. The van der Waals surface area contributed by atoms with E-state index in [2.05, 4.69) is 15.9 Å². The van der Waals surface area contributed by atoms with Gasteiger partial charge in [-0.2, -0.15) is 0 Å². The van der Waals surface area contributed by atoms with E-state index in [9.17, 15) is 8.42 Å². The summed E-state index contributed by atoms with van der Waals surface area (Å²) in [6.07, 6.45) is 0.652. The Kier molecular flexibility index (Phi) is 5.12. The van der Waals surface area contributed by atoms with Crippen molar-refractivity contribution in [1.29, 1.82) is 0 Å². The second-order valence-corrected chi connectivity index (χ2v) is 6.77. The van der Waals surface area contributed by atoms with Crippen LogP contribution in [0.3, 0.4) is 0 Å². The molecule has 6 heteroatoms. The molecule has 0 aromatic heterocycles. The second-order valence-electron chi connectivity index (χ2n) is 3.90. The molecular weight excluding hydrogens is 304 g/mol. The van der Waals surface area contributed by atoms with Gasteiger partial charge in [-0.05, 0) is 53.5 Å². The van der Waals surface area contributed by atoms with Crippen LogP contribution in [0.25, 0.3) is 0 Å². The van der Waals surface area contributed by atoms with Gasteiger partial charge in [0, 0.05) is 18.1 Å². The lowest BCUT2D eigenvalue weighted by Crippen LogP contribution is -2.29. The fraction of sp³-hybridized carbons (Fsp3) is 0.455. The summed E-state index contributed by atoms with van der Waals surface area (Å²) >= 11 is 3.29. The molecule has 0 bridgehead atoms. The maximum atomic E-state index is 12.2. The van der Waals surface area contributed by atoms with Crippen molar-refractivity contribution < 1.29 is 8.42 Å². The van der Waals surface area contributed by atoms with Gasteiger partial charge in [0.1, 0.15) is 0 Å². The molecule has 0 atom stereocenters. The molecule has 4 nitrogen and oxygen atoms in total. The predicted molar refractivity (Wildman–Crippen MR) is 72.4 cm³/mol. The quantitative estimate of drug-likeness (QED) is 0.898. The molecule has 1 rings (SSSR count). The SMILES string of the molecule is Cc1ccc(S(=O)(=O)N(C)CCCN)c(Br)c1. The zero-order valence-electron chi connectivity index (χ0n) is 9.98. The number of nitrogens with two attached hydrogens (primary N) is 1. The van der Waals surface area contributed by atoms with E-state index in [0.29, 0.717) is 28.9 Å². The van der Waals surface area contributed by atoms with Crippen molar-refractivity contribution in [2.75, 3.05) is 20.1 Å². The smallest absolute Gasteiger partial charge is 0.243 e. The first-order valence-corrected chi connectivity index (χ1v) is 7.55. The van der Waals surface area contributed by atoms with E-state index in [4.69, 9.17) is 5.73 Å². The molecule has 0 saturated carbocycles. The molecule has 1 aromatic carbocycles. The summed E-state index contributed by atoms with van der Waals surface area (Å²) in [5.74, 6) is 0. The Hall–Kier alpha value is -0.430. The summed E-state index contributed by atoms with van der Waals surface area (Å²) in [6.45, 7) is 2.83. The standard InChI is InChI=1S/C11H17BrN2O2S/c1-9-4-5-11(10(12)8-9)17(15,16)14(2)7-3-6-13/h4-5,8H,3,6-7,13H2,1-2H3. The van der Waals surface area contributed by atoms with Crippen LogP contribution >= 0.6 is 15.9 Å². The normalized spacial score (nSPS) is 12.1. The Morgan fingerprint density at radius 1 is 1.41 bits per heavy atom. The van der Waals surface area contributed by atoms with E-state index >= 15 is 0 Å². The fourth-order valence-electron chi connectivity index (χ4n) is 1.42. The largest absolute Gasteiger partial charge is 0.330 e. The van der Waals surface area contributed by atoms with Crippen molar-refractivity contribution in [1.82, 2.24) is 4.31 Å². The molecule has 0 saturated heterocycles. The number of nitrogens with zero attached hydrogens (tertiary/aromatic N) is 1. The molecule has 0 aliphatic rings. The van der Waals surface area contributed by atoms with Crippen LogP contribution in [0.5, 0.6) is 0 Å². The molecular formula is C11H17BrN2O2S. The van der Waals surface area contributed by atoms with Crippen molar-refractivity contribution >= 4 is 26.0 Å². The Bertz CT molecular complexity index is 488. The minimum atomic E-state index is -3.43. The molecule has 0 amide bonds. The summed E-state index contributed by atoms with van der Waals surface area (Å²) < 4.78 is 26.4. The van der Waals surface area contributed by atoms with Crippen LogP contribution in [0.4, 0.5) is 0 Å². The first-order chi connectivity index (χ1) is 7.89. The lowest BCUT2D eigenvalue weighted by atomic mass is 10.2. The number of hydrogen-bond acceptors (Lipinski definition) is 3. The molecule has 0 radical (unpaired) electrons. The molecule has 0 unspecified atom stereocenters. The van der Waals surface area contributed by atoms with Gasteiger partial charge in [0.15, 0.2) is 0 Å². The van der Waals surface area contributed by atoms with Gasteiger partial charge in [-0.25, -0.2) is 12.7 Å². The van der Waals surface area contributed by atoms with Crippen LogP contribution in [0.2, 0.25) is 0 Å². The highest BCUT2D eigenvalue weighted by atomic mass is 79.9. The molecule has 1 aromatic rings. The third-order valence-corrected chi connectivity index (χ3v) is 5.29. The van der Waals surface area contributed by atoms with Gasteiger partial charge in [-0.15, -0.1) is 0 Å². The van der Waals surface area contributed by atoms with Gasteiger partial charge < -0.3 is 5.73 Å². The van der Waals surface area contributed by atoms with Crippen LogP contribution in [-0.4, -0.2) is 32.9 Å². The molecule has 96 valence electrons.